The molecule has 0 bridgehead atoms. The lowest BCUT2D eigenvalue weighted by Crippen LogP contribution is -2.34. The molecule has 0 atom stereocenters. The molecule has 7 nitrogen and oxygen atoms in total. The van der Waals surface area contributed by atoms with Gasteiger partial charge < -0.3 is 19.5 Å². The summed E-state index contributed by atoms with van der Waals surface area (Å²) in [6.07, 6.45) is -3.07. The fraction of sp³-hybridized carbons (Fsp3) is 0.484. The number of ether oxygens (including phenoxy) is 3. The average molecular weight is 576 g/mol. The summed E-state index contributed by atoms with van der Waals surface area (Å²) in [5.74, 6) is 0.291. The van der Waals surface area contributed by atoms with Crippen molar-refractivity contribution in [3.8, 4) is 5.75 Å². The number of hydrogen-bond acceptors (Lipinski definition) is 6. The SMILES string of the molecule is COCCN(CCOC)CCOc1cc(NC(=O)c2ccc(C3=NCCC=C3C(F)(F)F)cc2)ccc1C(C)(C)C. The molecule has 224 valence electrons. The van der Waals surface area contributed by atoms with E-state index < -0.39 is 11.7 Å². The third kappa shape index (κ3) is 9.41. The fourth-order valence-electron chi connectivity index (χ4n) is 4.45. The summed E-state index contributed by atoms with van der Waals surface area (Å²) in [7, 11) is 3.34. The summed E-state index contributed by atoms with van der Waals surface area (Å²) in [6, 6.07) is 11.6. The molecule has 10 heteroatoms. The van der Waals surface area contributed by atoms with Crippen LogP contribution in [0.1, 0.15) is 48.7 Å². The van der Waals surface area contributed by atoms with Gasteiger partial charge in [-0.25, -0.2) is 0 Å². The Labute approximate surface area is 240 Å². The molecular formula is C31H40F3N3O4. The quantitative estimate of drug-likeness (QED) is 0.323. The fourth-order valence-corrected chi connectivity index (χ4v) is 4.45. The van der Waals surface area contributed by atoms with Crippen molar-refractivity contribution >= 4 is 17.3 Å². The van der Waals surface area contributed by atoms with Gasteiger partial charge in [-0.15, -0.1) is 0 Å². The molecule has 1 aliphatic rings. The maximum Gasteiger partial charge on any atom is 0.418 e. The highest BCUT2D eigenvalue weighted by molar-refractivity contribution is 6.14. The number of amides is 1. The highest BCUT2D eigenvalue weighted by Gasteiger charge is 2.38. The Morgan fingerprint density at radius 3 is 2.17 bits per heavy atom. The maximum atomic E-state index is 13.4. The summed E-state index contributed by atoms with van der Waals surface area (Å²) in [4.78, 5) is 19.3. The lowest BCUT2D eigenvalue weighted by Gasteiger charge is -2.25. The summed E-state index contributed by atoms with van der Waals surface area (Å²) in [6.45, 7) is 10.4. The van der Waals surface area contributed by atoms with Gasteiger partial charge in [-0.3, -0.25) is 14.7 Å². The van der Waals surface area contributed by atoms with Gasteiger partial charge in [0.1, 0.15) is 12.4 Å². The smallest absolute Gasteiger partial charge is 0.418 e. The lowest BCUT2D eigenvalue weighted by atomic mass is 9.86. The van der Waals surface area contributed by atoms with Crippen molar-refractivity contribution in [3.05, 3.63) is 70.8 Å². The molecule has 41 heavy (non-hydrogen) atoms. The minimum absolute atomic E-state index is 0.0988. The molecule has 0 radical (unpaired) electrons. The van der Waals surface area contributed by atoms with Crippen LogP contribution in [0.5, 0.6) is 5.75 Å². The van der Waals surface area contributed by atoms with Gasteiger partial charge in [-0.05, 0) is 35.6 Å². The van der Waals surface area contributed by atoms with Gasteiger partial charge in [-0.1, -0.05) is 45.0 Å². The Morgan fingerprint density at radius 2 is 1.59 bits per heavy atom. The highest BCUT2D eigenvalue weighted by atomic mass is 19.4. The van der Waals surface area contributed by atoms with E-state index in [4.69, 9.17) is 14.2 Å². The molecule has 2 aromatic carbocycles. The third-order valence-corrected chi connectivity index (χ3v) is 6.66. The van der Waals surface area contributed by atoms with Crippen molar-refractivity contribution in [2.24, 2.45) is 4.99 Å². The van der Waals surface area contributed by atoms with E-state index in [1.807, 2.05) is 12.1 Å². The van der Waals surface area contributed by atoms with Crippen molar-refractivity contribution in [2.75, 3.05) is 65.5 Å². The van der Waals surface area contributed by atoms with Gasteiger partial charge in [0.2, 0.25) is 0 Å². The van der Waals surface area contributed by atoms with Crippen molar-refractivity contribution in [1.82, 2.24) is 4.90 Å². The van der Waals surface area contributed by atoms with Crippen LogP contribution in [0.2, 0.25) is 0 Å². The number of carbonyl (C=O) groups is 1. The van der Waals surface area contributed by atoms with E-state index in [-0.39, 0.29) is 23.5 Å². The predicted octanol–water partition coefficient (Wildman–Crippen LogP) is 5.89. The van der Waals surface area contributed by atoms with E-state index in [0.717, 1.165) is 18.7 Å². The zero-order chi connectivity index (χ0) is 30.0. The van der Waals surface area contributed by atoms with Crippen LogP contribution >= 0.6 is 0 Å². The summed E-state index contributed by atoms with van der Waals surface area (Å²) in [5.41, 5.74) is 1.16. The molecule has 1 amide bonds. The first-order valence-corrected chi connectivity index (χ1v) is 13.7. The van der Waals surface area contributed by atoms with E-state index in [9.17, 15) is 18.0 Å². The van der Waals surface area contributed by atoms with E-state index in [2.05, 4.69) is 36.0 Å². The minimum Gasteiger partial charge on any atom is -0.492 e. The number of hydrogen-bond donors (Lipinski definition) is 1. The van der Waals surface area contributed by atoms with Crippen LogP contribution in [0.4, 0.5) is 18.9 Å². The molecule has 0 spiro atoms. The van der Waals surface area contributed by atoms with Gasteiger partial charge >= 0.3 is 6.18 Å². The highest BCUT2D eigenvalue weighted by Crippen LogP contribution is 2.34. The molecule has 0 fully saturated rings. The van der Waals surface area contributed by atoms with Gasteiger partial charge in [0.25, 0.3) is 5.91 Å². The second-order valence-electron chi connectivity index (χ2n) is 10.8. The number of carbonyl (C=O) groups excluding carboxylic acids is 1. The Morgan fingerprint density at radius 1 is 0.951 bits per heavy atom. The molecule has 0 saturated heterocycles. The van der Waals surface area contributed by atoms with Crippen LogP contribution in [0.3, 0.4) is 0 Å². The first-order chi connectivity index (χ1) is 19.4. The number of alkyl halides is 3. The summed E-state index contributed by atoms with van der Waals surface area (Å²) < 4.78 is 57.0. The van der Waals surface area contributed by atoms with Gasteiger partial charge in [0.05, 0.1) is 24.5 Å². The molecule has 1 heterocycles. The van der Waals surface area contributed by atoms with Crippen LogP contribution in [0, 0.1) is 0 Å². The van der Waals surface area contributed by atoms with Gasteiger partial charge in [-0.2, -0.15) is 13.2 Å². The monoisotopic (exact) mass is 575 g/mol. The number of aliphatic imine (C=N–C) groups is 1. The Hall–Kier alpha value is -3.21. The molecule has 0 aromatic heterocycles. The van der Waals surface area contributed by atoms with Crippen LogP contribution in [0.15, 0.2) is 59.1 Å². The van der Waals surface area contributed by atoms with Crippen LogP contribution in [0.25, 0.3) is 0 Å². The number of anilines is 1. The Kier molecular flexibility index (Phi) is 11.5. The first-order valence-electron chi connectivity index (χ1n) is 13.7. The average Bonchev–Trinajstić information content (AvgIpc) is 2.93. The van der Waals surface area contributed by atoms with E-state index >= 15 is 0 Å². The number of allylic oxidation sites excluding steroid dienone is 1. The minimum atomic E-state index is -4.49. The normalized spacial score (nSPS) is 14.1. The zero-order valence-electron chi connectivity index (χ0n) is 24.4. The number of methoxy groups -OCH3 is 2. The Bertz CT molecular complexity index is 1210. The number of nitrogens with zero attached hydrogens (tertiary/aromatic N) is 2. The topological polar surface area (TPSA) is 72.4 Å². The van der Waals surface area contributed by atoms with Crippen molar-refractivity contribution < 1.29 is 32.2 Å². The standard InChI is InChI=1S/C31H40F3N3O4/c1-30(2,3)25-13-12-24(21-27(25)41-20-17-37(15-18-39-4)16-19-40-5)36-29(38)23-10-8-22(9-11-23)28-26(31(32,33)34)7-6-14-35-28/h7-13,21H,6,14-20H2,1-5H3,(H,36,38). The molecule has 0 unspecified atom stereocenters. The van der Waals surface area contributed by atoms with E-state index in [1.54, 1.807) is 20.3 Å². The summed E-state index contributed by atoms with van der Waals surface area (Å²) >= 11 is 0. The lowest BCUT2D eigenvalue weighted by molar-refractivity contribution is -0.0864. The van der Waals surface area contributed by atoms with Crippen LogP contribution in [-0.4, -0.2) is 82.9 Å². The van der Waals surface area contributed by atoms with E-state index in [0.29, 0.717) is 55.5 Å². The second kappa shape index (κ2) is 14.6. The number of rotatable bonds is 13. The molecule has 0 saturated carbocycles. The Balaban J connectivity index is 1.72. The third-order valence-electron chi connectivity index (χ3n) is 6.66. The van der Waals surface area contributed by atoms with Crippen LogP contribution < -0.4 is 10.1 Å². The second-order valence-corrected chi connectivity index (χ2v) is 10.8. The molecule has 1 N–H and O–H groups in total. The van der Waals surface area contributed by atoms with Crippen molar-refractivity contribution in [1.29, 1.82) is 0 Å². The molecular weight excluding hydrogens is 535 g/mol. The number of halogens is 3. The molecule has 2 aromatic rings. The number of dihydropyridines is 1. The number of nitrogens with one attached hydrogen (secondary N) is 1. The van der Waals surface area contributed by atoms with Gasteiger partial charge in [0, 0.05) is 63.3 Å². The molecule has 0 aliphatic carbocycles. The molecule has 1 aliphatic heterocycles. The predicted molar refractivity (Wildman–Crippen MR) is 155 cm³/mol. The first kappa shape index (κ1) is 32.3. The van der Waals surface area contributed by atoms with Crippen molar-refractivity contribution in [2.45, 2.75) is 38.8 Å². The zero-order valence-corrected chi connectivity index (χ0v) is 24.4. The van der Waals surface area contributed by atoms with E-state index in [1.165, 1.54) is 30.3 Å². The van der Waals surface area contributed by atoms with Gasteiger partial charge in [0.15, 0.2) is 0 Å². The summed E-state index contributed by atoms with van der Waals surface area (Å²) in [5, 5.41) is 2.88. The van der Waals surface area contributed by atoms with Crippen molar-refractivity contribution in [3.63, 3.8) is 0 Å². The number of benzene rings is 2. The maximum absolute atomic E-state index is 13.4. The molecule has 3 rings (SSSR count). The largest absolute Gasteiger partial charge is 0.492 e. The van der Waals surface area contributed by atoms with Crippen LogP contribution in [-0.2, 0) is 14.9 Å².